The van der Waals surface area contributed by atoms with E-state index in [-0.39, 0.29) is 26.5 Å². The van der Waals surface area contributed by atoms with E-state index in [9.17, 15) is 9.59 Å². The number of carbonyl (C=O) groups is 2. The number of cyclic esters (lactones) is 2. The molecule has 0 bridgehead atoms. The van der Waals surface area contributed by atoms with Crippen LogP contribution in [0.15, 0.2) is 48.5 Å². The Morgan fingerprint density at radius 2 is 1.22 bits per heavy atom. The Bertz CT molecular complexity index is 850. The van der Waals surface area contributed by atoms with Gasteiger partial charge >= 0.3 is 10.6 Å². The quantitative estimate of drug-likeness (QED) is 0.657. The van der Waals surface area contributed by atoms with Gasteiger partial charge in [0.15, 0.2) is 0 Å². The molecule has 3 aliphatic rings. The molecule has 0 aromatic heterocycles. The molecule has 6 heteroatoms. The van der Waals surface area contributed by atoms with E-state index in [1.807, 2.05) is 0 Å². The maximum Gasteiger partial charge on any atom is 0.367 e. The molecule has 138 valence electrons. The fraction of sp³-hybridized carbons (Fsp3) is 0.333. The van der Waals surface area contributed by atoms with E-state index in [2.05, 4.69) is 48.5 Å². The third-order valence-corrected chi connectivity index (χ3v) is 7.52. The number of rotatable bonds is 4. The van der Waals surface area contributed by atoms with Crippen LogP contribution in [0.25, 0.3) is 11.1 Å². The number of carbonyl (C=O) groups excluding carboxylic acids is 2. The second kappa shape index (κ2) is 6.60. The minimum atomic E-state index is -0.246. The molecule has 0 amide bonds. The second-order valence-corrected chi connectivity index (χ2v) is 9.65. The maximum atomic E-state index is 11.7. The van der Waals surface area contributed by atoms with Crippen molar-refractivity contribution < 1.29 is 19.1 Å². The van der Waals surface area contributed by atoms with Crippen molar-refractivity contribution in [2.75, 3.05) is 13.2 Å². The average molecular weight is 399 g/mol. The average Bonchev–Trinajstić information content (AvgIpc) is 3.35. The van der Waals surface area contributed by atoms with Crippen molar-refractivity contribution in [2.45, 2.75) is 28.8 Å². The highest BCUT2D eigenvalue weighted by molar-refractivity contribution is 8.14. The zero-order valence-electron chi connectivity index (χ0n) is 14.6. The summed E-state index contributed by atoms with van der Waals surface area (Å²) in [6.07, 6.45) is 1.62. The predicted molar refractivity (Wildman–Crippen MR) is 107 cm³/mol. The molecule has 0 radical (unpaired) electrons. The van der Waals surface area contributed by atoms with E-state index < -0.39 is 0 Å². The molecule has 2 heterocycles. The molecule has 2 aromatic carbocycles. The van der Waals surface area contributed by atoms with Crippen LogP contribution < -0.4 is 0 Å². The first-order valence-corrected chi connectivity index (χ1v) is 10.8. The first kappa shape index (κ1) is 17.2. The van der Waals surface area contributed by atoms with Gasteiger partial charge in [-0.1, -0.05) is 48.5 Å². The number of fused-ring (bicyclic) bond motifs is 3. The van der Waals surface area contributed by atoms with E-state index in [0.29, 0.717) is 13.2 Å². The van der Waals surface area contributed by atoms with Crippen molar-refractivity contribution in [3.8, 4) is 11.1 Å². The topological polar surface area (TPSA) is 52.6 Å². The molecule has 0 spiro atoms. The molecule has 2 fully saturated rings. The van der Waals surface area contributed by atoms with Gasteiger partial charge in [-0.15, -0.1) is 0 Å². The van der Waals surface area contributed by atoms with Crippen molar-refractivity contribution in [3.05, 3.63) is 59.7 Å². The number of hydrogen-bond acceptors (Lipinski definition) is 6. The van der Waals surface area contributed by atoms with Crippen LogP contribution >= 0.6 is 23.5 Å². The van der Waals surface area contributed by atoms with E-state index in [1.165, 1.54) is 45.8 Å². The van der Waals surface area contributed by atoms with Gasteiger partial charge in [0, 0.05) is 5.41 Å². The van der Waals surface area contributed by atoms with Gasteiger partial charge in [0.25, 0.3) is 0 Å². The van der Waals surface area contributed by atoms with E-state index in [4.69, 9.17) is 9.47 Å². The molecule has 2 atom stereocenters. The van der Waals surface area contributed by atoms with Crippen LogP contribution in [0.1, 0.15) is 24.0 Å². The fourth-order valence-electron chi connectivity index (χ4n) is 4.65. The van der Waals surface area contributed by atoms with Crippen LogP contribution in [-0.2, 0) is 14.9 Å². The summed E-state index contributed by atoms with van der Waals surface area (Å²) >= 11 is 2.59. The SMILES string of the molecule is O=C1OCC(CC2(CC3COC(=O)S3)c3ccccc3-c3ccccc32)S1. The van der Waals surface area contributed by atoms with Gasteiger partial charge < -0.3 is 9.47 Å². The van der Waals surface area contributed by atoms with Crippen molar-refractivity contribution in [1.82, 2.24) is 0 Å². The summed E-state index contributed by atoms with van der Waals surface area (Å²) < 4.78 is 10.4. The van der Waals surface area contributed by atoms with E-state index in [0.717, 1.165) is 12.8 Å². The summed E-state index contributed by atoms with van der Waals surface area (Å²) in [5.41, 5.74) is 4.82. The number of hydrogen-bond donors (Lipinski definition) is 0. The Hall–Kier alpha value is -1.92. The van der Waals surface area contributed by atoms with Crippen LogP contribution in [-0.4, -0.2) is 34.3 Å². The largest absolute Gasteiger partial charge is 0.456 e. The Balaban J connectivity index is 1.63. The lowest BCUT2D eigenvalue weighted by molar-refractivity contribution is 0.178. The van der Waals surface area contributed by atoms with Crippen LogP contribution in [0.5, 0.6) is 0 Å². The molecule has 2 saturated heterocycles. The minimum Gasteiger partial charge on any atom is -0.456 e. The molecule has 2 aliphatic heterocycles. The number of thioether (sulfide) groups is 2. The van der Waals surface area contributed by atoms with Gasteiger partial charge in [-0.25, -0.2) is 9.59 Å². The number of benzene rings is 2. The molecule has 1 aliphatic carbocycles. The monoisotopic (exact) mass is 398 g/mol. The summed E-state index contributed by atoms with van der Waals surface area (Å²) in [6, 6.07) is 17.0. The molecule has 2 aromatic rings. The van der Waals surface area contributed by atoms with Crippen LogP contribution in [0.4, 0.5) is 9.59 Å². The Labute approximate surface area is 166 Å². The van der Waals surface area contributed by atoms with Crippen LogP contribution in [0, 0.1) is 0 Å². The number of ether oxygens (including phenoxy) is 2. The lowest BCUT2D eigenvalue weighted by Crippen LogP contribution is -2.33. The Kier molecular flexibility index (Phi) is 4.20. The molecule has 0 N–H and O–H groups in total. The zero-order valence-corrected chi connectivity index (χ0v) is 16.2. The summed E-state index contributed by atoms with van der Waals surface area (Å²) in [6.45, 7) is 0.894. The zero-order chi connectivity index (χ0) is 18.4. The maximum absolute atomic E-state index is 11.7. The fourth-order valence-corrected chi connectivity index (χ4v) is 6.47. The Morgan fingerprint density at radius 3 is 1.63 bits per heavy atom. The lowest BCUT2D eigenvalue weighted by Gasteiger charge is -2.35. The van der Waals surface area contributed by atoms with Gasteiger partial charge in [0.1, 0.15) is 13.2 Å². The lowest BCUT2D eigenvalue weighted by atomic mass is 9.71. The highest BCUT2D eigenvalue weighted by Crippen LogP contribution is 2.56. The second-order valence-electron chi connectivity index (χ2n) is 7.18. The van der Waals surface area contributed by atoms with Crippen molar-refractivity contribution in [2.24, 2.45) is 0 Å². The molecule has 4 nitrogen and oxygen atoms in total. The molecule has 0 saturated carbocycles. The van der Waals surface area contributed by atoms with Gasteiger partial charge in [-0.2, -0.15) is 0 Å². The van der Waals surface area contributed by atoms with Gasteiger partial charge in [0.05, 0.1) is 10.5 Å². The molecular formula is C21H18O4S2. The minimum absolute atomic E-state index is 0.111. The van der Waals surface area contributed by atoms with Crippen molar-refractivity contribution >= 4 is 34.1 Å². The third kappa shape index (κ3) is 2.86. The van der Waals surface area contributed by atoms with Crippen molar-refractivity contribution in [1.29, 1.82) is 0 Å². The van der Waals surface area contributed by atoms with Gasteiger partial charge in [-0.05, 0) is 58.6 Å². The first-order valence-electron chi connectivity index (χ1n) is 9.02. The van der Waals surface area contributed by atoms with Crippen LogP contribution in [0.3, 0.4) is 0 Å². The molecule has 27 heavy (non-hydrogen) atoms. The van der Waals surface area contributed by atoms with Gasteiger partial charge in [0.2, 0.25) is 0 Å². The smallest absolute Gasteiger partial charge is 0.367 e. The summed E-state index contributed by atoms with van der Waals surface area (Å²) in [5.74, 6) is 0. The summed E-state index contributed by atoms with van der Waals surface area (Å²) in [7, 11) is 0. The van der Waals surface area contributed by atoms with Gasteiger partial charge in [-0.3, -0.25) is 0 Å². The summed E-state index contributed by atoms with van der Waals surface area (Å²) in [4.78, 5) is 23.4. The Morgan fingerprint density at radius 1 is 0.778 bits per heavy atom. The highest BCUT2D eigenvalue weighted by atomic mass is 32.2. The first-order chi connectivity index (χ1) is 13.2. The third-order valence-electron chi connectivity index (χ3n) is 5.63. The summed E-state index contributed by atoms with van der Waals surface area (Å²) in [5, 5.41) is -0.161. The standard InChI is InChI=1S/C21H18O4S2/c22-19-24-11-13(26-19)9-21(10-14-12-25-20(23)27-14)17-7-3-1-5-15(17)16-6-2-4-8-18(16)21/h1-8,13-14H,9-12H2. The highest BCUT2D eigenvalue weighted by Gasteiger charge is 2.48. The predicted octanol–water partition coefficient (Wildman–Crippen LogP) is 5.24. The molecule has 2 unspecified atom stereocenters. The van der Waals surface area contributed by atoms with E-state index >= 15 is 0 Å². The normalized spacial score (nSPS) is 25.0. The molecular weight excluding hydrogens is 380 g/mol. The van der Waals surface area contributed by atoms with Crippen LogP contribution in [0.2, 0.25) is 0 Å². The van der Waals surface area contributed by atoms with E-state index in [1.54, 1.807) is 0 Å². The molecule has 5 rings (SSSR count). The van der Waals surface area contributed by atoms with Crippen molar-refractivity contribution in [3.63, 3.8) is 0 Å².